The molecule has 4 aromatic rings. The molecule has 0 amide bonds. The maximum Gasteiger partial charge on any atom is 0.309 e. The van der Waals surface area contributed by atoms with Crippen LogP contribution < -0.4 is 25.7 Å². The highest BCUT2D eigenvalue weighted by Crippen LogP contribution is 2.34. The summed E-state index contributed by atoms with van der Waals surface area (Å²) >= 11 is 6.52. The summed E-state index contributed by atoms with van der Waals surface area (Å²) in [5, 5.41) is 0.607. The first-order valence-corrected chi connectivity index (χ1v) is 15.9. The second-order valence-corrected chi connectivity index (χ2v) is 12.4. The summed E-state index contributed by atoms with van der Waals surface area (Å²) in [6.45, 7) is 5.64. The van der Waals surface area contributed by atoms with Gasteiger partial charge in [0.05, 0.1) is 18.6 Å². The van der Waals surface area contributed by atoms with Crippen LogP contribution in [0.5, 0.6) is 17.5 Å². The number of halogens is 1. The number of nitrogens with zero attached hydrogens (tertiary/aromatic N) is 5. The third-order valence-electron chi connectivity index (χ3n) is 8.59. The smallest absolute Gasteiger partial charge is 0.309 e. The minimum Gasteiger partial charge on any atom is -0.490 e. The van der Waals surface area contributed by atoms with Crippen molar-refractivity contribution >= 4 is 34.7 Å². The van der Waals surface area contributed by atoms with Gasteiger partial charge in [0.15, 0.2) is 11.2 Å². The van der Waals surface area contributed by atoms with Gasteiger partial charge in [-0.05, 0) is 62.8 Å². The number of hydrogen-bond acceptors (Lipinski definition) is 9. The first-order valence-electron chi connectivity index (χ1n) is 15.6. The van der Waals surface area contributed by atoms with Crippen molar-refractivity contribution in [3.8, 4) is 17.5 Å². The zero-order valence-corrected chi connectivity index (χ0v) is 26.6. The molecule has 1 aliphatic heterocycles. The molecular formula is C33H39ClN6O5. The lowest BCUT2D eigenvalue weighted by Crippen LogP contribution is -2.44. The van der Waals surface area contributed by atoms with Gasteiger partial charge in [-0.3, -0.25) is 18.7 Å². The number of imidazole rings is 1. The van der Waals surface area contributed by atoms with Crippen molar-refractivity contribution in [3.63, 3.8) is 0 Å². The van der Waals surface area contributed by atoms with Gasteiger partial charge in [0, 0.05) is 37.3 Å². The molecule has 2 fully saturated rings. The molecule has 1 saturated carbocycles. The highest BCUT2D eigenvalue weighted by Gasteiger charge is 2.38. The molecule has 1 saturated heterocycles. The minimum atomic E-state index is -0.292. The highest BCUT2D eigenvalue weighted by molar-refractivity contribution is 6.31. The van der Waals surface area contributed by atoms with Gasteiger partial charge in [-0.2, -0.15) is 9.97 Å². The molecule has 6 rings (SSSR count). The maximum atomic E-state index is 13.9. The van der Waals surface area contributed by atoms with Gasteiger partial charge in [0.2, 0.25) is 5.95 Å². The summed E-state index contributed by atoms with van der Waals surface area (Å²) in [6.07, 6.45) is 3.70. The molecule has 2 aliphatic rings. The average molecular weight is 635 g/mol. The predicted octanol–water partition coefficient (Wildman–Crippen LogP) is 5.05. The van der Waals surface area contributed by atoms with Gasteiger partial charge in [0.1, 0.15) is 17.6 Å². The Labute approximate surface area is 266 Å². The van der Waals surface area contributed by atoms with Crippen LogP contribution in [-0.2, 0) is 23.1 Å². The van der Waals surface area contributed by atoms with E-state index in [9.17, 15) is 9.59 Å². The predicted molar refractivity (Wildman–Crippen MR) is 172 cm³/mol. The Morgan fingerprint density at radius 1 is 1.13 bits per heavy atom. The van der Waals surface area contributed by atoms with Crippen molar-refractivity contribution in [3.05, 3.63) is 69.5 Å². The Hall–Kier alpha value is -4.09. The fraction of sp³-hybridized carbons (Fsp3) is 0.455. The summed E-state index contributed by atoms with van der Waals surface area (Å²) in [7, 11) is 1.63. The van der Waals surface area contributed by atoms with E-state index in [1.807, 2.05) is 54.8 Å². The Balaban J connectivity index is 1.24. The minimum absolute atomic E-state index is 0.0147. The lowest BCUT2D eigenvalue weighted by molar-refractivity contribution is -0.159. The first-order chi connectivity index (χ1) is 21.7. The van der Waals surface area contributed by atoms with Crippen LogP contribution >= 0.6 is 11.6 Å². The van der Waals surface area contributed by atoms with Crippen molar-refractivity contribution in [1.82, 2.24) is 19.1 Å². The highest BCUT2D eigenvalue weighted by atomic mass is 35.5. The van der Waals surface area contributed by atoms with Crippen LogP contribution in [0.3, 0.4) is 0 Å². The summed E-state index contributed by atoms with van der Waals surface area (Å²) in [6, 6.07) is 14.8. The number of hydrogen-bond donors (Lipinski definition) is 1. The van der Waals surface area contributed by atoms with Gasteiger partial charge in [-0.1, -0.05) is 42.8 Å². The second-order valence-electron chi connectivity index (χ2n) is 12.0. The van der Waals surface area contributed by atoms with Crippen LogP contribution in [0.15, 0.2) is 53.3 Å². The van der Waals surface area contributed by atoms with E-state index in [1.54, 1.807) is 19.2 Å². The standard InChI is InChI=1S/C33H39ClN6O5/c1-4-20(2)43-31(42)22-15-26(16-22)44-24-11-7-12-25(17-24)45-33-37-29-28(30(41)38(33)3)40(18-21-9-5-6-13-27(21)34)32(36-29)39-14-8-10-23(35)19-39/h5-7,9,11-13,17,20,22-23,26H,4,8,10,14-16,18-19,35H2,1-3H3/t20?,22?,23-,26?/m1/s1. The van der Waals surface area contributed by atoms with Crippen LogP contribution in [0.25, 0.3) is 11.2 Å². The van der Waals surface area contributed by atoms with Gasteiger partial charge in [0.25, 0.3) is 5.56 Å². The molecule has 0 radical (unpaired) electrons. The number of aromatic nitrogens is 4. The van der Waals surface area contributed by atoms with E-state index in [1.165, 1.54) is 4.57 Å². The molecule has 2 atom stereocenters. The first kappa shape index (κ1) is 30.9. The third kappa shape index (κ3) is 6.64. The normalized spacial score (nSPS) is 20.5. The number of anilines is 1. The number of fused-ring (bicyclic) bond motifs is 1. The van der Waals surface area contributed by atoms with E-state index in [2.05, 4.69) is 4.90 Å². The molecule has 45 heavy (non-hydrogen) atoms. The van der Waals surface area contributed by atoms with Crippen molar-refractivity contribution in [2.24, 2.45) is 18.7 Å². The van der Waals surface area contributed by atoms with Gasteiger partial charge in [-0.25, -0.2) is 0 Å². The zero-order valence-electron chi connectivity index (χ0n) is 25.8. The summed E-state index contributed by atoms with van der Waals surface area (Å²) in [4.78, 5) is 37.8. The number of ether oxygens (including phenoxy) is 3. The number of rotatable bonds is 10. The van der Waals surface area contributed by atoms with E-state index < -0.39 is 0 Å². The molecule has 12 heteroatoms. The van der Waals surface area contributed by atoms with Crippen molar-refractivity contribution in [2.45, 2.75) is 70.7 Å². The van der Waals surface area contributed by atoms with Crippen molar-refractivity contribution in [2.75, 3.05) is 18.0 Å². The molecule has 0 bridgehead atoms. The summed E-state index contributed by atoms with van der Waals surface area (Å²) in [5.41, 5.74) is 7.53. The zero-order chi connectivity index (χ0) is 31.7. The maximum absolute atomic E-state index is 13.9. The molecule has 1 unspecified atom stereocenters. The number of piperidine rings is 1. The summed E-state index contributed by atoms with van der Waals surface area (Å²) in [5.74, 6) is 1.38. The van der Waals surface area contributed by atoms with Crippen molar-refractivity contribution < 1.29 is 19.0 Å². The second kappa shape index (κ2) is 13.1. The fourth-order valence-electron chi connectivity index (χ4n) is 5.74. The SMILES string of the molecule is CCC(C)OC(=O)C1CC(Oc2cccc(Oc3nc4nc(N5CCC[C@@H](N)C5)n(Cc5ccccc5Cl)c4c(=O)n3C)c2)C1. The van der Waals surface area contributed by atoms with E-state index in [4.69, 9.17) is 41.5 Å². The van der Waals surface area contributed by atoms with Crippen LogP contribution in [0.1, 0.15) is 51.5 Å². The van der Waals surface area contributed by atoms with Crippen LogP contribution in [0.4, 0.5) is 5.95 Å². The van der Waals surface area contributed by atoms with E-state index >= 15 is 0 Å². The summed E-state index contributed by atoms with van der Waals surface area (Å²) < 4.78 is 21.0. The Kier molecular flexibility index (Phi) is 9.00. The van der Waals surface area contributed by atoms with E-state index in [-0.39, 0.29) is 47.4 Å². The van der Waals surface area contributed by atoms with Crippen LogP contribution in [-0.4, -0.2) is 56.4 Å². The van der Waals surface area contributed by atoms with Gasteiger partial charge >= 0.3 is 12.0 Å². The van der Waals surface area contributed by atoms with Gasteiger partial charge in [-0.15, -0.1) is 0 Å². The number of nitrogens with two attached hydrogens (primary N) is 1. The van der Waals surface area contributed by atoms with Gasteiger partial charge < -0.3 is 24.8 Å². The largest absolute Gasteiger partial charge is 0.490 e. The quantitative estimate of drug-likeness (QED) is 0.238. The number of carbonyl (C=O) groups excluding carboxylic acids is 1. The Morgan fingerprint density at radius 2 is 1.91 bits per heavy atom. The molecule has 2 N–H and O–H groups in total. The molecule has 2 aromatic carbocycles. The monoisotopic (exact) mass is 634 g/mol. The number of carbonyl (C=O) groups is 1. The molecule has 11 nitrogen and oxygen atoms in total. The molecule has 3 heterocycles. The fourth-order valence-corrected chi connectivity index (χ4v) is 5.94. The molecular weight excluding hydrogens is 596 g/mol. The van der Waals surface area contributed by atoms with E-state index in [0.717, 1.165) is 31.4 Å². The molecule has 1 aliphatic carbocycles. The third-order valence-corrected chi connectivity index (χ3v) is 8.96. The topological polar surface area (TPSA) is 127 Å². The Morgan fingerprint density at radius 3 is 2.67 bits per heavy atom. The van der Waals surface area contributed by atoms with E-state index in [0.29, 0.717) is 53.9 Å². The van der Waals surface area contributed by atoms with Crippen LogP contribution in [0, 0.1) is 5.92 Å². The molecule has 238 valence electrons. The van der Waals surface area contributed by atoms with Crippen LogP contribution in [0.2, 0.25) is 5.02 Å². The number of esters is 1. The Bertz CT molecular complexity index is 1750. The lowest BCUT2D eigenvalue weighted by atomic mass is 9.82. The lowest BCUT2D eigenvalue weighted by Gasteiger charge is -2.34. The molecule has 0 spiro atoms. The number of benzene rings is 2. The molecule has 2 aromatic heterocycles. The average Bonchev–Trinajstić information content (AvgIpc) is 3.36. The van der Waals surface area contributed by atoms with Crippen molar-refractivity contribution in [1.29, 1.82) is 0 Å².